The lowest BCUT2D eigenvalue weighted by atomic mass is 10.5. The molecule has 0 saturated heterocycles. The largest absolute Gasteiger partial charge is 0.399 e. The van der Waals surface area contributed by atoms with Gasteiger partial charge in [-0.3, -0.25) is 4.79 Å². The molecule has 0 saturated carbocycles. The maximum absolute atomic E-state index is 11.8. The number of hydrogen-bond acceptors (Lipinski definition) is 1. The number of carbonyl (C=O) groups is 1. The predicted octanol–water partition coefficient (Wildman–Crippen LogP) is 1.69. The first-order chi connectivity index (χ1) is 4.84. The van der Waals surface area contributed by atoms with Gasteiger partial charge in [-0.15, -0.1) is 0 Å². The van der Waals surface area contributed by atoms with Crippen LogP contribution in [0.15, 0.2) is 11.6 Å². The molecule has 11 heavy (non-hydrogen) atoms. The maximum Gasteiger partial charge on any atom is 0.399 e. The van der Waals surface area contributed by atoms with Gasteiger partial charge in [0, 0.05) is 5.03 Å². The lowest BCUT2D eigenvalue weighted by molar-refractivity contribution is -0.135. The van der Waals surface area contributed by atoms with E-state index in [2.05, 4.69) is 18.2 Å². The summed E-state index contributed by atoms with van der Waals surface area (Å²) in [6.45, 7) is 2.95. The lowest BCUT2D eigenvalue weighted by Gasteiger charge is -2.07. The summed E-state index contributed by atoms with van der Waals surface area (Å²) in [7, 11) is 0. The van der Waals surface area contributed by atoms with Gasteiger partial charge in [0.05, 0.1) is 6.54 Å². The Balaban J connectivity index is 3.80. The van der Waals surface area contributed by atoms with Crippen molar-refractivity contribution in [2.45, 2.75) is 5.38 Å². The molecular weight excluding hydrogens is 199 g/mol. The Kier molecular flexibility index (Phi) is 3.75. The molecule has 0 spiro atoms. The van der Waals surface area contributed by atoms with E-state index in [0.717, 1.165) is 0 Å². The molecule has 0 aliphatic heterocycles. The van der Waals surface area contributed by atoms with Crippen LogP contribution in [-0.2, 0) is 4.79 Å². The number of halogens is 4. The molecular formula is C5H5Cl2F2NO. The molecule has 0 unspecified atom stereocenters. The second-order valence-corrected chi connectivity index (χ2v) is 2.71. The highest BCUT2D eigenvalue weighted by molar-refractivity contribution is 6.32. The van der Waals surface area contributed by atoms with E-state index in [1.165, 1.54) is 0 Å². The van der Waals surface area contributed by atoms with E-state index in [9.17, 15) is 13.6 Å². The van der Waals surface area contributed by atoms with E-state index in [4.69, 9.17) is 11.6 Å². The summed E-state index contributed by atoms with van der Waals surface area (Å²) in [5.41, 5.74) is 0. The van der Waals surface area contributed by atoms with Gasteiger partial charge in [-0.1, -0.05) is 18.2 Å². The van der Waals surface area contributed by atoms with Crippen LogP contribution in [0.25, 0.3) is 0 Å². The molecule has 6 heteroatoms. The molecule has 0 rings (SSSR count). The molecule has 0 bridgehead atoms. The van der Waals surface area contributed by atoms with Crippen LogP contribution >= 0.6 is 23.2 Å². The average Bonchev–Trinajstić information content (AvgIpc) is 1.80. The maximum atomic E-state index is 11.8. The highest BCUT2D eigenvalue weighted by atomic mass is 35.5. The van der Waals surface area contributed by atoms with Crippen molar-refractivity contribution < 1.29 is 13.6 Å². The van der Waals surface area contributed by atoms with Crippen LogP contribution in [0.1, 0.15) is 0 Å². The fraction of sp³-hybridized carbons (Fsp3) is 0.400. The van der Waals surface area contributed by atoms with Crippen molar-refractivity contribution in [3.8, 4) is 0 Å². The summed E-state index contributed by atoms with van der Waals surface area (Å²) < 4.78 is 23.7. The topological polar surface area (TPSA) is 29.1 Å². The molecule has 0 heterocycles. The van der Waals surface area contributed by atoms with E-state index in [0.29, 0.717) is 0 Å². The number of alkyl halides is 3. The van der Waals surface area contributed by atoms with Gasteiger partial charge in [-0.25, -0.2) is 0 Å². The first-order valence-corrected chi connectivity index (χ1v) is 3.28. The van der Waals surface area contributed by atoms with Crippen molar-refractivity contribution in [2.75, 3.05) is 6.54 Å². The quantitative estimate of drug-likeness (QED) is 0.696. The molecule has 0 aromatic carbocycles. The van der Waals surface area contributed by atoms with Crippen molar-refractivity contribution >= 4 is 29.1 Å². The number of nitrogens with one attached hydrogen (secondary N) is 1. The van der Waals surface area contributed by atoms with Crippen LogP contribution in [0, 0.1) is 0 Å². The minimum atomic E-state index is -3.88. The third-order valence-electron chi connectivity index (χ3n) is 0.698. The van der Waals surface area contributed by atoms with E-state index >= 15 is 0 Å². The molecule has 1 N–H and O–H groups in total. The SMILES string of the molecule is C=C(Cl)CNC(=O)C(F)(F)Cl. The van der Waals surface area contributed by atoms with E-state index in [-0.39, 0.29) is 11.6 Å². The number of hydrogen-bond donors (Lipinski definition) is 1. The summed E-state index contributed by atoms with van der Waals surface area (Å²) in [6, 6.07) is 0. The van der Waals surface area contributed by atoms with Crippen molar-refractivity contribution in [1.82, 2.24) is 5.32 Å². The number of rotatable bonds is 3. The molecule has 0 radical (unpaired) electrons. The lowest BCUT2D eigenvalue weighted by Crippen LogP contribution is -2.36. The summed E-state index contributed by atoms with van der Waals surface area (Å²) in [5.74, 6) is -1.58. The van der Waals surface area contributed by atoms with Gasteiger partial charge in [0.1, 0.15) is 0 Å². The first-order valence-electron chi connectivity index (χ1n) is 2.52. The Bertz CT molecular complexity index is 178. The molecule has 64 valence electrons. The van der Waals surface area contributed by atoms with Crippen LogP contribution in [0.3, 0.4) is 0 Å². The molecule has 0 aliphatic rings. The van der Waals surface area contributed by atoms with Crippen molar-refractivity contribution in [3.05, 3.63) is 11.6 Å². The summed E-state index contributed by atoms with van der Waals surface area (Å²) in [4.78, 5) is 10.3. The molecule has 0 aliphatic carbocycles. The second kappa shape index (κ2) is 3.88. The van der Waals surface area contributed by atoms with Gasteiger partial charge in [0.25, 0.3) is 0 Å². The molecule has 1 amide bonds. The molecule has 2 nitrogen and oxygen atoms in total. The standard InChI is InChI=1S/C5H5Cl2F2NO/c1-3(6)2-10-4(11)5(7,8)9/h1-2H2,(H,10,11). The third-order valence-corrected chi connectivity index (χ3v) is 1.00. The fourth-order valence-corrected chi connectivity index (χ4v) is 0.410. The highest BCUT2D eigenvalue weighted by Crippen LogP contribution is 2.18. The fourth-order valence-electron chi connectivity index (χ4n) is 0.276. The van der Waals surface area contributed by atoms with Crippen LogP contribution in [0.2, 0.25) is 0 Å². The Morgan fingerprint density at radius 1 is 1.64 bits per heavy atom. The van der Waals surface area contributed by atoms with Crippen molar-refractivity contribution in [1.29, 1.82) is 0 Å². The van der Waals surface area contributed by atoms with Crippen molar-refractivity contribution in [3.63, 3.8) is 0 Å². The second-order valence-electron chi connectivity index (χ2n) is 1.70. The van der Waals surface area contributed by atoms with Crippen LogP contribution in [-0.4, -0.2) is 17.8 Å². The normalized spacial score (nSPS) is 10.9. The Hall–Kier alpha value is -0.350. The van der Waals surface area contributed by atoms with Gasteiger partial charge in [0.2, 0.25) is 0 Å². The Morgan fingerprint density at radius 2 is 2.09 bits per heavy atom. The summed E-state index contributed by atoms with van der Waals surface area (Å²) in [5, 5.41) is -2.06. The van der Waals surface area contributed by atoms with E-state index < -0.39 is 11.3 Å². The van der Waals surface area contributed by atoms with Gasteiger partial charge < -0.3 is 5.32 Å². The summed E-state index contributed by atoms with van der Waals surface area (Å²) >= 11 is 9.52. The average molecular weight is 204 g/mol. The third kappa shape index (κ3) is 4.98. The van der Waals surface area contributed by atoms with Gasteiger partial charge in [-0.2, -0.15) is 8.78 Å². The zero-order valence-corrected chi connectivity index (χ0v) is 6.85. The minimum absolute atomic E-state index is 0.0549. The van der Waals surface area contributed by atoms with Crippen LogP contribution in [0.5, 0.6) is 0 Å². The van der Waals surface area contributed by atoms with Crippen LogP contribution < -0.4 is 5.32 Å². The molecule has 0 fully saturated rings. The van der Waals surface area contributed by atoms with E-state index in [1.54, 1.807) is 5.32 Å². The molecule has 0 aromatic rings. The molecule has 0 atom stereocenters. The summed E-state index contributed by atoms with van der Waals surface area (Å²) in [6.07, 6.45) is 0. The van der Waals surface area contributed by atoms with Crippen LogP contribution in [0.4, 0.5) is 8.78 Å². The van der Waals surface area contributed by atoms with Gasteiger partial charge >= 0.3 is 11.3 Å². The van der Waals surface area contributed by atoms with Gasteiger partial charge in [-0.05, 0) is 11.6 Å². The predicted molar refractivity (Wildman–Crippen MR) is 38.8 cm³/mol. The monoisotopic (exact) mass is 203 g/mol. The van der Waals surface area contributed by atoms with Crippen molar-refractivity contribution in [2.24, 2.45) is 0 Å². The smallest absolute Gasteiger partial charge is 0.345 e. The Morgan fingerprint density at radius 3 is 2.36 bits per heavy atom. The van der Waals surface area contributed by atoms with Gasteiger partial charge in [0.15, 0.2) is 0 Å². The minimum Gasteiger partial charge on any atom is -0.345 e. The first kappa shape index (κ1) is 10.7. The number of amides is 1. The zero-order chi connectivity index (χ0) is 9.07. The zero-order valence-electron chi connectivity index (χ0n) is 5.33. The van der Waals surface area contributed by atoms with E-state index in [1.807, 2.05) is 0 Å². The number of carbonyl (C=O) groups excluding carboxylic acids is 1. The molecule has 0 aromatic heterocycles. The Labute approximate surface area is 72.2 Å². The highest BCUT2D eigenvalue weighted by Gasteiger charge is 2.35.